The molecule has 0 aliphatic heterocycles. The highest BCUT2D eigenvalue weighted by Gasteiger charge is 2.13. The van der Waals surface area contributed by atoms with Gasteiger partial charge < -0.3 is 10.6 Å². The lowest BCUT2D eigenvalue weighted by Crippen LogP contribution is -2.37. The van der Waals surface area contributed by atoms with Crippen LogP contribution in [0.5, 0.6) is 0 Å². The van der Waals surface area contributed by atoms with Gasteiger partial charge in [-0.1, -0.05) is 36.4 Å². The third-order valence-electron chi connectivity index (χ3n) is 5.16. The Morgan fingerprint density at radius 3 is 2.48 bits per heavy atom. The number of aromatic nitrogens is 5. The van der Waals surface area contributed by atoms with Crippen LogP contribution in [0.4, 0.5) is 0 Å². The second kappa shape index (κ2) is 10.4. The van der Waals surface area contributed by atoms with E-state index in [1.54, 1.807) is 7.05 Å². The van der Waals surface area contributed by atoms with Crippen LogP contribution in [-0.4, -0.2) is 37.4 Å². The minimum absolute atomic E-state index is 0. The van der Waals surface area contributed by atoms with Crippen molar-refractivity contribution >= 4 is 35.6 Å². The zero-order valence-electron chi connectivity index (χ0n) is 17.9. The summed E-state index contributed by atoms with van der Waals surface area (Å²) in [5.74, 6) is 1.54. The highest BCUT2D eigenvalue weighted by molar-refractivity contribution is 14.0. The molecule has 0 aliphatic carbocycles. The van der Waals surface area contributed by atoms with Gasteiger partial charge in [0.25, 0.3) is 0 Å². The molecule has 0 saturated carbocycles. The summed E-state index contributed by atoms with van der Waals surface area (Å²) >= 11 is 0. The van der Waals surface area contributed by atoms with Gasteiger partial charge in [0.05, 0.1) is 18.8 Å². The number of halogens is 1. The topological polar surface area (TPSA) is 84.4 Å². The predicted octanol–water partition coefficient (Wildman–Crippen LogP) is 3.07. The van der Waals surface area contributed by atoms with Gasteiger partial charge in [-0.25, -0.2) is 0 Å². The lowest BCUT2D eigenvalue weighted by atomic mass is 10.2. The van der Waals surface area contributed by atoms with Crippen molar-refractivity contribution in [3.8, 4) is 0 Å². The van der Waals surface area contributed by atoms with E-state index in [0.717, 1.165) is 29.4 Å². The Morgan fingerprint density at radius 2 is 1.71 bits per heavy atom. The molecular weight excluding hydrogens is 503 g/mol. The van der Waals surface area contributed by atoms with Crippen LogP contribution in [0.2, 0.25) is 0 Å². The Morgan fingerprint density at radius 1 is 0.968 bits per heavy atom. The number of pyridine rings is 1. The third kappa shape index (κ3) is 5.22. The number of guanidine groups is 1. The van der Waals surface area contributed by atoms with Gasteiger partial charge in [0, 0.05) is 31.0 Å². The van der Waals surface area contributed by atoms with Crippen LogP contribution in [0.3, 0.4) is 0 Å². The lowest BCUT2D eigenvalue weighted by molar-refractivity contribution is 0.657. The Bertz CT molecular complexity index is 1160. The number of nitrogens with zero attached hydrogens (tertiary/aromatic N) is 6. The largest absolute Gasteiger partial charge is 0.352 e. The number of hydrogen-bond acceptors (Lipinski definition) is 4. The van der Waals surface area contributed by atoms with Gasteiger partial charge >= 0.3 is 0 Å². The van der Waals surface area contributed by atoms with Crippen molar-refractivity contribution in [2.45, 2.75) is 33.5 Å². The summed E-state index contributed by atoms with van der Waals surface area (Å²) < 4.78 is 4.02. The van der Waals surface area contributed by atoms with Gasteiger partial charge in [0.1, 0.15) is 0 Å². The molecule has 0 bridgehead atoms. The number of aliphatic imine (C=N–C) groups is 1. The highest BCUT2D eigenvalue weighted by atomic mass is 127. The molecule has 2 N–H and O–H groups in total. The van der Waals surface area contributed by atoms with Crippen LogP contribution in [0.25, 0.3) is 5.65 Å². The Labute approximate surface area is 198 Å². The molecule has 8 nitrogen and oxygen atoms in total. The Hall–Kier alpha value is -2.95. The number of benzene rings is 1. The SMILES string of the molecule is CN=C(NCc1c(C)nn(Cc2ccccc2)c1C)NCc1nnc2ccccn12.I. The second-order valence-electron chi connectivity index (χ2n) is 7.12. The molecule has 0 aliphatic rings. The molecule has 0 amide bonds. The fourth-order valence-electron chi connectivity index (χ4n) is 3.47. The van der Waals surface area contributed by atoms with E-state index in [-0.39, 0.29) is 24.0 Å². The molecule has 9 heteroatoms. The number of nitrogens with one attached hydrogen (secondary N) is 2. The zero-order valence-corrected chi connectivity index (χ0v) is 20.2. The van der Waals surface area contributed by atoms with E-state index in [1.807, 2.05) is 41.8 Å². The second-order valence-corrected chi connectivity index (χ2v) is 7.12. The van der Waals surface area contributed by atoms with Gasteiger partial charge in [0.2, 0.25) is 0 Å². The molecule has 1 aromatic carbocycles. The Kier molecular flexibility index (Phi) is 7.61. The van der Waals surface area contributed by atoms with Gasteiger partial charge in [0.15, 0.2) is 17.4 Å². The molecule has 31 heavy (non-hydrogen) atoms. The van der Waals surface area contributed by atoms with E-state index >= 15 is 0 Å². The van der Waals surface area contributed by atoms with Crippen LogP contribution < -0.4 is 10.6 Å². The molecule has 0 saturated heterocycles. The van der Waals surface area contributed by atoms with Crippen molar-refractivity contribution in [1.29, 1.82) is 0 Å². The van der Waals surface area contributed by atoms with E-state index in [1.165, 1.54) is 11.1 Å². The first-order valence-electron chi connectivity index (χ1n) is 9.95. The molecule has 0 fully saturated rings. The highest BCUT2D eigenvalue weighted by Crippen LogP contribution is 2.14. The normalized spacial score (nSPS) is 11.4. The van der Waals surface area contributed by atoms with E-state index in [4.69, 9.17) is 5.10 Å². The molecule has 162 valence electrons. The minimum atomic E-state index is 0. The molecule has 4 rings (SSSR count). The molecule has 0 atom stereocenters. The molecular formula is C22H27IN8. The average Bonchev–Trinajstić information content (AvgIpc) is 3.30. The van der Waals surface area contributed by atoms with Crippen LogP contribution in [-0.2, 0) is 19.6 Å². The van der Waals surface area contributed by atoms with Crippen LogP contribution >= 0.6 is 24.0 Å². The van der Waals surface area contributed by atoms with Gasteiger partial charge in [-0.3, -0.25) is 14.1 Å². The summed E-state index contributed by atoms with van der Waals surface area (Å²) in [5, 5.41) is 19.8. The maximum Gasteiger partial charge on any atom is 0.191 e. The van der Waals surface area contributed by atoms with E-state index < -0.39 is 0 Å². The first kappa shape index (κ1) is 22.7. The summed E-state index contributed by atoms with van der Waals surface area (Å²) in [5.41, 5.74) is 5.43. The van der Waals surface area contributed by atoms with Crippen molar-refractivity contribution in [2.24, 2.45) is 4.99 Å². The van der Waals surface area contributed by atoms with Crippen LogP contribution in [0.15, 0.2) is 59.7 Å². The minimum Gasteiger partial charge on any atom is -0.352 e. The van der Waals surface area contributed by atoms with Gasteiger partial charge in [-0.15, -0.1) is 34.2 Å². The molecule has 0 radical (unpaired) electrons. The van der Waals surface area contributed by atoms with Gasteiger partial charge in [-0.05, 0) is 31.5 Å². The smallest absolute Gasteiger partial charge is 0.191 e. The van der Waals surface area contributed by atoms with E-state index in [0.29, 0.717) is 19.0 Å². The zero-order chi connectivity index (χ0) is 20.9. The fraction of sp³-hybridized carbons (Fsp3) is 0.273. The van der Waals surface area contributed by atoms with Crippen molar-refractivity contribution in [2.75, 3.05) is 7.05 Å². The monoisotopic (exact) mass is 530 g/mol. The average molecular weight is 530 g/mol. The molecule has 3 heterocycles. The van der Waals surface area contributed by atoms with Crippen LogP contribution in [0, 0.1) is 13.8 Å². The fourth-order valence-corrected chi connectivity index (χ4v) is 3.47. The van der Waals surface area contributed by atoms with Crippen molar-refractivity contribution in [1.82, 2.24) is 35.0 Å². The van der Waals surface area contributed by atoms with Crippen molar-refractivity contribution < 1.29 is 0 Å². The summed E-state index contributed by atoms with van der Waals surface area (Å²) in [6, 6.07) is 16.2. The van der Waals surface area contributed by atoms with Crippen LogP contribution in [0.1, 0.15) is 28.3 Å². The number of fused-ring (bicyclic) bond motifs is 1. The standard InChI is InChI=1S/C22H26N8.HI/c1-16-19(17(2)30(28-16)15-18-9-5-4-6-10-18)13-24-22(23-3)25-14-21-27-26-20-11-7-8-12-29(20)21;/h4-12H,13-15H2,1-3H3,(H2,23,24,25);1H. The first-order chi connectivity index (χ1) is 14.7. The molecule has 3 aromatic heterocycles. The van der Waals surface area contributed by atoms with Gasteiger partial charge in [-0.2, -0.15) is 5.10 Å². The number of aryl methyl sites for hydroxylation is 1. The molecule has 4 aromatic rings. The van der Waals surface area contributed by atoms with Crippen molar-refractivity contribution in [3.05, 3.63) is 83.1 Å². The quantitative estimate of drug-likeness (QED) is 0.228. The maximum atomic E-state index is 4.72. The maximum absolute atomic E-state index is 4.72. The Balaban J connectivity index is 0.00000272. The summed E-state index contributed by atoms with van der Waals surface area (Å²) in [7, 11) is 1.76. The summed E-state index contributed by atoms with van der Waals surface area (Å²) in [6.07, 6.45) is 1.95. The van der Waals surface area contributed by atoms with E-state index in [9.17, 15) is 0 Å². The molecule has 0 unspecified atom stereocenters. The first-order valence-corrected chi connectivity index (χ1v) is 9.95. The molecule has 0 spiro atoms. The number of hydrogen-bond donors (Lipinski definition) is 2. The summed E-state index contributed by atoms with van der Waals surface area (Å²) in [4.78, 5) is 4.33. The van der Waals surface area contributed by atoms with E-state index in [2.05, 4.69) is 61.7 Å². The predicted molar refractivity (Wildman–Crippen MR) is 133 cm³/mol. The van der Waals surface area contributed by atoms with Crippen molar-refractivity contribution in [3.63, 3.8) is 0 Å². The lowest BCUT2D eigenvalue weighted by Gasteiger charge is -2.12. The summed E-state index contributed by atoms with van der Waals surface area (Å²) in [6.45, 7) is 6.09. The third-order valence-corrected chi connectivity index (χ3v) is 5.16. The number of rotatable bonds is 6.